The van der Waals surface area contributed by atoms with E-state index in [1.807, 2.05) is 6.92 Å². The van der Waals surface area contributed by atoms with E-state index in [0.29, 0.717) is 26.1 Å². The van der Waals surface area contributed by atoms with Crippen molar-refractivity contribution in [2.45, 2.75) is 19.8 Å². The van der Waals surface area contributed by atoms with Crippen LogP contribution >= 0.6 is 0 Å². The van der Waals surface area contributed by atoms with Gasteiger partial charge in [0.05, 0.1) is 11.0 Å². The standard InChI is InChI=1S/C15H19NO5/c1-10-2-3-12(17)11(8-10)13(18)16-9-15(14(19)20)4-6-21-7-5-15/h2-3,8,17H,4-7,9H2,1H3,(H,16,18)(H,19,20). The minimum Gasteiger partial charge on any atom is -0.507 e. The van der Waals surface area contributed by atoms with Crippen molar-refractivity contribution in [2.75, 3.05) is 19.8 Å². The van der Waals surface area contributed by atoms with Gasteiger partial charge in [-0.15, -0.1) is 0 Å². The second-order valence-corrected chi connectivity index (χ2v) is 5.40. The number of nitrogens with one attached hydrogen (secondary N) is 1. The molecule has 0 unspecified atom stereocenters. The second-order valence-electron chi connectivity index (χ2n) is 5.40. The van der Waals surface area contributed by atoms with E-state index < -0.39 is 17.3 Å². The molecule has 1 heterocycles. The number of amides is 1. The van der Waals surface area contributed by atoms with Crippen LogP contribution in [-0.4, -0.2) is 41.8 Å². The summed E-state index contributed by atoms with van der Waals surface area (Å²) in [5.41, 5.74) is 0.00689. The van der Waals surface area contributed by atoms with Gasteiger partial charge in [-0.3, -0.25) is 9.59 Å². The summed E-state index contributed by atoms with van der Waals surface area (Å²) in [7, 11) is 0. The highest BCUT2D eigenvalue weighted by Gasteiger charge is 2.40. The van der Waals surface area contributed by atoms with Crippen LogP contribution in [0.25, 0.3) is 0 Å². The molecule has 0 aliphatic carbocycles. The van der Waals surface area contributed by atoms with Crippen molar-refractivity contribution in [1.29, 1.82) is 0 Å². The molecule has 1 saturated heterocycles. The predicted octanol–water partition coefficient (Wildman–Crippen LogP) is 1.31. The molecule has 0 atom stereocenters. The molecule has 0 bridgehead atoms. The third kappa shape index (κ3) is 3.33. The first kappa shape index (κ1) is 15.3. The molecule has 1 fully saturated rings. The van der Waals surface area contributed by atoms with Crippen molar-refractivity contribution in [1.82, 2.24) is 5.32 Å². The van der Waals surface area contributed by atoms with Crippen LogP contribution < -0.4 is 5.32 Å². The van der Waals surface area contributed by atoms with Crippen LogP contribution in [-0.2, 0) is 9.53 Å². The Kier molecular flexibility index (Phi) is 4.47. The Morgan fingerprint density at radius 1 is 1.33 bits per heavy atom. The summed E-state index contributed by atoms with van der Waals surface area (Å²) >= 11 is 0. The number of aromatic hydroxyl groups is 1. The number of carboxylic acids is 1. The molecule has 6 nitrogen and oxygen atoms in total. The van der Waals surface area contributed by atoms with Gasteiger partial charge >= 0.3 is 5.97 Å². The zero-order valence-corrected chi connectivity index (χ0v) is 11.9. The molecule has 1 aromatic rings. The summed E-state index contributed by atoms with van der Waals surface area (Å²) in [6, 6.07) is 4.72. The van der Waals surface area contributed by atoms with Crippen LogP contribution in [0.3, 0.4) is 0 Å². The van der Waals surface area contributed by atoms with Gasteiger partial charge in [-0.25, -0.2) is 0 Å². The van der Waals surface area contributed by atoms with Crippen molar-refractivity contribution < 1.29 is 24.5 Å². The smallest absolute Gasteiger partial charge is 0.311 e. The van der Waals surface area contributed by atoms with Crippen molar-refractivity contribution in [3.05, 3.63) is 29.3 Å². The molecule has 3 N–H and O–H groups in total. The van der Waals surface area contributed by atoms with Crippen molar-refractivity contribution in [3.8, 4) is 5.75 Å². The molecule has 2 rings (SSSR count). The van der Waals surface area contributed by atoms with E-state index in [0.717, 1.165) is 5.56 Å². The Morgan fingerprint density at radius 2 is 2.00 bits per heavy atom. The molecule has 6 heteroatoms. The maximum absolute atomic E-state index is 12.1. The average molecular weight is 293 g/mol. The number of hydrogen-bond donors (Lipinski definition) is 3. The summed E-state index contributed by atoms with van der Waals surface area (Å²) in [5.74, 6) is -1.52. The molecule has 1 aliphatic heterocycles. The quantitative estimate of drug-likeness (QED) is 0.778. The van der Waals surface area contributed by atoms with Gasteiger partial charge < -0.3 is 20.3 Å². The van der Waals surface area contributed by atoms with Crippen molar-refractivity contribution >= 4 is 11.9 Å². The first-order chi connectivity index (χ1) is 9.94. The van der Waals surface area contributed by atoms with Gasteiger partial charge in [0.15, 0.2) is 0 Å². The Morgan fingerprint density at radius 3 is 2.62 bits per heavy atom. The van der Waals surface area contributed by atoms with Gasteiger partial charge in [-0.1, -0.05) is 11.6 Å². The second kappa shape index (κ2) is 6.13. The third-order valence-corrected chi connectivity index (χ3v) is 3.89. The normalized spacial score (nSPS) is 17.2. The topological polar surface area (TPSA) is 95.9 Å². The van der Waals surface area contributed by atoms with Gasteiger partial charge in [0.1, 0.15) is 5.75 Å². The number of ether oxygens (including phenoxy) is 1. The van der Waals surface area contributed by atoms with Crippen LogP contribution in [0.1, 0.15) is 28.8 Å². The van der Waals surface area contributed by atoms with Gasteiger partial charge in [0.2, 0.25) is 0 Å². The molecule has 0 radical (unpaired) electrons. The first-order valence-corrected chi connectivity index (χ1v) is 6.84. The van der Waals surface area contributed by atoms with E-state index in [4.69, 9.17) is 4.74 Å². The number of aryl methyl sites for hydroxylation is 1. The van der Waals surface area contributed by atoms with Gasteiger partial charge in [-0.2, -0.15) is 0 Å². The Hall–Kier alpha value is -2.08. The molecular weight excluding hydrogens is 274 g/mol. The highest BCUT2D eigenvalue weighted by Crippen LogP contribution is 2.30. The minimum absolute atomic E-state index is 0.0257. The SMILES string of the molecule is Cc1ccc(O)c(C(=O)NCC2(C(=O)O)CCOCC2)c1. The summed E-state index contributed by atoms with van der Waals surface area (Å²) < 4.78 is 5.19. The Balaban J connectivity index is 2.08. The number of carboxylic acid groups (broad SMARTS) is 1. The zero-order valence-electron chi connectivity index (χ0n) is 11.9. The lowest BCUT2D eigenvalue weighted by molar-refractivity contribution is -0.154. The van der Waals surface area contributed by atoms with Crippen LogP contribution in [0.15, 0.2) is 18.2 Å². The minimum atomic E-state index is -0.993. The summed E-state index contributed by atoms with van der Waals surface area (Å²) in [6.45, 7) is 2.58. The van der Waals surface area contributed by atoms with E-state index in [2.05, 4.69) is 5.32 Å². The summed E-state index contributed by atoms with van der Waals surface area (Å²) in [4.78, 5) is 23.6. The van der Waals surface area contributed by atoms with Gasteiger partial charge in [-0.05, 0) is 31.9 Å². The number of phenolic OH excluding ortho intramolecular Hbond substituents is 1. The van der Waals surface area contributed by atoms with Crippen LogP contribution in [0.5, 0.6) is 5.75 Å². The van der Waals surface area contributed by atoms with Crippen LogP contribution in [0.4, 0.5) is 0 Å². The van der Waals surface area contributed by atoms with Crippen molar-refractivity contribution in [2.24, 2.45) is 5.41 Å². The number of hydrogen-bond acceptors (Lipinski definition) is 4. The highest BCUT2D eigenvalue weighted by molar-refractivity contribution is 5.97. The fraction of sp³-hybridized carbons (Fsp3) is 0.467. The average Bonchev–Trinajstić information content (AvgIpc) is 2.48. The van der Waals surface area contributed by atoms with Crippen molar-refractivity contribution in [3.63, 3.8) is 0 Å². The summed E-state index contributed by atoms with van der Waals surface area (Å²) in [5, 5.41) is 21.8. The first-order valence-electron chi connectivity index (χ1n) is 6.84. The highest BCUT2D eigenvalue weighted by atomic mass is 16.5. The molecule has 1 aliphatic rings. The lowest BCUT2D eigenvalue weighted by Gasteiger charge is -2.33. The zero-order chi connectivity index (χ0) is 15.5. The molecule has 0 spiro atoms. The summed E-state index contributed by atoms with van der Waals surface area (Å²) in [6.07, 6.45) is 0.727. The van der Waals surface area contributed by atoms with E-state index in [-0.39, 0.29) is 17.9 Å². The van der Waals surface area contributed by atoms with Gasteiger partial charge in [0, 0.05) is 19.8 Å². The fourth-order valence-electron chi connectivity index (χ4n) is 2.40. The molecule has 1 amide bonds. The number of carbonyl (C=O) groups excluding carboxylic acids is 1. The van der Waals surface area contributed by atoms with Crippen LogP contribution in [0.2, 0.25) is 0 Å². The maximum Gasteiger partial charge on any atom is 0.311 e. The molecule has 0 saturated carbocycles. The maximum atomic E-state index is 12.1. The molecule has 1 aromatic carbocycles. The predicted molar refractivity (Wildman–Crippen MR) is 75.3 cm³/mol. The van der Waals surface area contributed by atoms with E-state index >= 15 is 0 Å². The van der Waals surface area contributed by atoms with E-state index in [1.165, 1.54) is 6.07 Å². The van der Waals surface area contributed by atoms with Crippen LogP contribution in [0, 0.1) is 12.3 Å². The number of benzene rings is 1. The van der Waals surface area contributed by atoms with E-state index in [1.54, 1.807) is 12.1 Å². The molecular formula is C15H19NO5. The number of aliphatic carboxylic acids is 1. The largest absolute Gasteiger partial charge is 0.507 e. The Bertz CT molecular complexity index is 549. The lowest BCUT2D eigenvalue weighted by Crippen LogP contribution is -2.46. The number of phenols is 1. The third-order valence-electron chi connectivity index (χ3n) is 3.89. The number of rotatable bonds is 4. The van der Waals surface area contributed by atoms with Gasteiger partial charge in [0.25, 0.3) is 5.91 Å². The van der Waals surface area contributed by atoms with E-state index in [9.17, 15) is 19.8 Å². The Labute approximate surface area is 122 Å². The fourth-order valence-corrected chi connectivity index (χ4v) is 2.40. The number of carbonyl (C=O) groups is 2. The lowest BCUT2D eigenvalue weighted by atomic mass is 9.80. The molecule has 114 valence electrons. The molecule has 21 heavy (non-hydrogen) atoms. The molecule has 0 aromatic heterocycles. The monoisotopic (exact) mass is 293 g/mol.